The van der Waals surface area contributed by atoms with Gasteiger partial charge in [-0.2, -0.15) is 0 Å². The Morgan fingerprint density at radius 2 is 1.10 bits per heavy atom. The molecule has 122 valence electrons. The van der Waals surface area contributed by atoms with Crippen molar-refractivity contribution in [2.45, 2.75) is 71.1 Å². The summed E-state index contributed by atoms with van der Waals surface area (Å²) in [5.74, 6) is 5.51. The molecule has 0 aliphatic carbocycles. The Morgan fingerprint density at radius 3 is 1.48 bits per heavy atom. The maximum absolute atomic E-state index is 5.43. The molecule has 0 amide bonds. The number of quaternary nitrogens is 1. The summed E-state index contributed by atoms with van der Waals surface area (Å²) in [6.45, 7) is 4.89. The number of rotatable bonds is 13. The topological polar surface area (TPSA) is 0 Å². The van der Waals surface area contributed by atoms with Crippen LogP contribution in [0.2, 0.25) is 0 Å². The fourth-order valence-corrected chi connectivity index (χ4v) is 2.64. The normalized spacial score (nSPS) is 10.5. The van der Waals surface area contributed by atoms with Crippen LogP contribution in [0.3, 0.4) is 0 Å². The van der Waals surface area contributed by atoms with Gasteiger partial charge in [0.25, 0.3) is 0 Å². The molecule has 2 heteroatoms. The average molecular weight is 356 g/mol. The van der Waals surface area contributed by atoms with Gasteiger partial charge in [-0.3, -0.25) is 0 Å². The molecule has 0 fully saturated rings. The first-order valence-electron chi connectivity index (χ1n) is 8.39. The lowest BCUT2D eigenvalue weighted by Gasteiger charge is -2.30. The van der Waals surface area contributed by atoms with Crippen LogP contribution in [0.4, 0.5) is 0 Å². The molecule has 0 saturated carbocycles. The lowest BCUT2D eigenvalue weighted by molar-refractivity contribution is -0.896. The van der Waals surface area contributed by atoms with Crippen LogP contribution < -0.4 is 17.0 Å². The standard InChI is InChI=1S/C19H34N.BrH/c1-5-8-9-10-11-12-13-14-15-16-19-20(4,17-6-2)18-7-3;/h2-3H,5,8-19H2,1,4H3;1H/q+1;/p-1. The van der Waals surface area contributed by atoms with Gasteiger partial charge in [0.15, 0.2) is 0 Å². The first kappa shape index (κ1) is 22.8. The Labute approximate surface area is 144 Å². The minimum Gasteiger partial charge on any atom is -1.00 e. The van der Waals surface area contributed by atoms with Crippen molar-refractivity contribution in [2.75, 3.05) is 26.7 Å². The molecule has 0 aromatic heterocycles. The smallest absolute Gasteiger partial charge is 0.141 e. The van der Waals surface area contributed by atoms with E-state index in [1.165, 1.54) is 64.2 Å². The SMILES string of the molecule is C#CC[N+](C)(CC#C)CCCCCCCCCCCC.[Br-]. The molecule has 0 N–H and O–H groups in total. The lowest BCUT2D eigenvalue weighted by Crippen LogP contribution is -3.00. The largest absolute Gasteiger partial charge is 1.00 e. The van der Waals surface area contributed by atoms with Crippen LogP contribution >= 0.6 is 0 Å². The molecule has 0 saturated heterocycles. The van der Waals surface area contributed by atoms with Crippen molar-refractivity contribution < 1.29 is 21.5 Å². The first-order valence-corrected chi connectivity index (χ1v) is 8.39. The second-order valence-corrected chi connectivity index (χ2v) is 6.25. The molecule has 0 atom stereocenters. The number of halogens is 1. The van der Waals surface area contributed by atoms with E-state index in [0.29, 0.717) is 0 Å². The van der Waals surface area contributed by atoms with E-state index >= 15 is 0 Å². The molecule has 0 unspecified atom stereocenters. The summed E-state index contributed by atoms with van der Waals surface area (Å²) >= 11 is 0. The summed E-state index contributed by atoms with van der Waals surface area (Å²) in [5.41, 5.74) is 0. The van der Waals surface area contributed by atoms with Crippen LogP contribution in [0.5, 0.6) is 0 Å². The third-order valence-electron chi connectivity index (χ3n) is 4.00. The van der Waals surface area contributed by atoms with E-state index < -0.39 is 0 Å². The molecule has 0 spiro atoms. The van der Waals surface area contributed by atoms with Crippen LogP contribution in [0.15, 0.2) is 0 Å². The lowest BCUT2D eigenvalue weighted by atomic mass is 10.1. The van der Waals surface area contributed by atoms with Gasteiger partial charge in [-0.25, -0.2) is 0 Å². The second-order valence-electron chi connectivity index (χ2n) is 6.25. The average Bonchev–Trinajstić information content (AvgIpc) is 2.41. The molecule has 0 aliphatic rings. The molecule has 0 aromatic rings. The van der Waals surface area contributed by atoms with E-state index in [-0.39, 0.29) is 17.0 Å². The Kier molecular flexibility index (Phi) is 17.3. The van der Waals surface area contributed by atoms with Crippen LogP contribution in [-0.2, 0) is 0 Å². The van der Waals surface area contributed by atoms with Crippen LogP contribution in [0.1, 0.15) is 71.1 Å². The zero-order chi connectivity index (χ0) is 15.1. The highest BCUT2D eigenvalue weighted by Crippen LogP contribution is 2.12. The van der Waals surface area contributed by atoms with Crippen molar-refractivity contribution in [1.29, 1.82) is 0 Å². The van der Waals surface area contributed by atoms with E-state index in [2.05, 4.69) is 25.8 Å². The third-order valence-corrected chi connectivity index (χ3v) is 4.00. The quantitative estimate of drug-likeness (QED) is 0.267. The minimum absolute atomic E-state index is 0. The minimum atomic E-state index is 0. The third kappa shape index (κ3) is 14.3. The van der Waals surface area contributed by atoms with E-state index in [1.54, 1.807) is 0 Å². The molecule has 1 nitrogen and oxygen atoms in total. The Morgan fingerprint density at radius 1 is 0.714 bits per heavy atom. The molecule has 0 aliphatic heterocycles. The van der Waals surface area contributed by atoms with Gasteiger partial charge < -0.3 is 21.5 Å². The predicted molar refractivity (Wildman–Crippen MR) is 90.3 cm³/mol. The fraction of sp³-hybridized carbons (Fsp3) is 0.789. The summed E-state index contributed by atoms with van der Waals surface area (Å²) in [5, 5.41) is 0. The van der Waals surface area contributed by atoms with E-state index in [0.717, 1.165) is 24.1 Å². The van der Waals surface area contributed by atoms with Gasteiger partial charge in [0.1, 0.15) is 13.1 Å². The molecule has 0 heterocycles. The monoisotopic (exact) mass is 355 g/mol. The fourth-order valence-electron chi connectivity index (χ4n) is 2.64. The van der Waals surface area contributed by atoms with Gasteiger partial charge in [-0.15, -0.1) is 12.8 Å². The molecule has 0 radical (unpaired) electrons. The van der Waals surface area contributed by atoms with Gasteiger partial charge in [0.05, 0.1) is 13.6 Å². The number of hydrogen-bond donors (Lipinski definition) is 0. The predicted octanol–water partition coefficient (Wildman–Crippen LogP) is 1.62. The molecule has 0 bridgehead atoms. The van der Waals surface area contributed by atoms with E-state index in [9.17, 15) is 0 Å². The number of unbranched alkanes of at least 4 members (excludes halogenated alkanes) is 9. The Hall–Kier alpha value is -0.440. The summed E-state index contributed by atoms with van der Waals surface area (Å²) in [6, 6.07) is 0. The maximum Gasteiger partial charge on any atom is 0.141 e. The maximum atomic E-state index is 5.43. The van der Waals surface area contributed by atoms with E-state index in [4.69, 9.17) is 12.8 Å². The highest BCUT2D eigenvalue weighted by Gasteiger charge is 2.17. The van der Waals surface area contributed by atoms with Gasteiger partial charge in [-0.1, -0.05) is 58.3 Å². The molecule has 0 rings (SSSR count). The first-order chi connectivity index (χ1) is 9.68. The highest BCUT2D eigenvalue weighted by atomic mass is 79.9. The molecule has 21 heavy (non-hydrogen) atoms. The summed E-state index contributed by atoms with van der Waals surface area (Å²) in [6.07, 6.45) is 24.6. The van der Waals surface area contributed by atoms with Crippen molar-refractivity contribution in [2.24, 2.45) is 0 Å². The number of hydrogen-bond acceptors (Lipinski definition) is 0. The zero-order valence-electron chi connectivity index (χ0n) is 14.2. The van der Waals surface area contributed by atoms with Crippen LogP contribution in [-0.4, -0.2) is 31.2 Å². The summed E-state index contributed by atoms with van der Waals surface area (Å²) in [4.78, 5) is 0. The zero-order valence-corrected chi connectivity index (χ0v) is 15.8. The molecular formula is C19H34BrN. The highest BCUT2D eigenvalue weighted by molar-refractivity contribution is 4.88. The van der Waals surface area contributed by atoms with Gasteiger partial charge in [0, 0.05) is 0 Å². The van der Waals surface area contributed by atoms with Crippen molar-refractivity contribution >= 4 is 0 Å². The van der Waals surface area contributed by atoms with E-state index in [1.807, 2.05) is 0 Å². The Bertz CT molecular complexity index is 282. The van der Waals surface area contributed by atoms with Crippen molar-refractivity contribution in [3.8, 4) is 24.7 Å². The van der Waals surface area contributed by atoms with Gasteiger partial charge >= 0.3 is 0 Å². The van der Waals surface area contributed by atoms with Crippen molar-refractivity contribution in [3.05, 3.63) is 0 Å². The second kappa shape index (κ2) is 15.9. The summed E-state index contributed by atoms with van der Waals surface area (Å²) in [7, 11) is 2.17. The number of terminal acetylenes is 2. The van der Waals surface area contributed by atoms with Crippen LogP contribution in [0, 0.1) is 24.7 Å². The summed E-state index contributed by atoms with van der Waals surface area (Å²) < 4.78 is 0.837. The van der Waals surface area contributed by atoms with Crippen molar-refractivity contribution in [1.82, 2.24) is 0 Å². The van der Waals surface area contributed by atoms with Gasteiger partial charge in [-0.05, 0) is 24.7 Å². The molecule has 0 aromatic carbocycles. The van der Waals surface area contributed by atoms with Crippen LogP contribution in [0.25, 0.3) is 0 Å². The number of nitrogens with zero attached hydrogens (tertiary/aromatic N) is 1. The molecular weight excluding hydrogens is 322 g/mol. The van der Waals surface area contributed by atoms with Gasteiger partial charge in [0.2, 0.25) is 0 Å². The Balaban J connectivity index is 0. The van der Waals surface area contributed by atoms with Crippen molar-refractivity contribution in [3.63, 3.8) is 0 Å².